The molecular weight excluding hydrogens is 414 g/mol. The van der Waals surface area contributed by atoms with Crippen molar-refractivity contribution < 1.29 is 19.1 Å². The number of rotatable bonds is 8. The number of nitrogens with zero attached hydrogens (tertiary/aromatic N) is 2. The first-order valence-corrected chi connectivity index (χ1v) is 11.2. The zero-order valence-corrected chi connectivity index (χ0v) is 18.8. The van der Waals surface area contributed by atoms with Crippen molar-refractivity contribution in [2.75, 3.05) is 25.6 Å². The molecule has 164 valence electrons. The normalized spacial score (nSPS) is 17.5. The Hall–Kier alpha value is -3.00. The molecule has 1 fully saturated rings. The van der Waals surface area contributed by atoms with Crippen LogP contribution in [0.2, 0.25) is 0 Å². The number of nitrogens with one attached hydrogen (secondary N) is 1. The summed E-state index contributed by atoms with van der Waals surface area (Å²) in [7, 11) is 1.67. The van der Waals surface area contributed by atoms with E-state index in [1.807, 2.05) is 50.2 Å². The van der Waals surface area contributed by atoms with Crippen LogP contribution in [0.1, 0.15) is 26.7 Å². The fraction of sp³-hybridized carbons (Fsp3) is 0.348. The molecule has 1 atom stereocenters. The number of hydrogen-bond donors (Lipinski definition) is 1. The van der Waals surface area contributed by atoms with Gasteiger partial charge in [0, 0.05) is 19.2 Å². The molecule has 3 rings (SSSR count). The van der Waals surface area contributed by atoms with Gasteiger partial charge in [-0.25, -0.2) is 4.99 Å². The molecule has 0 unspecified atom stereocenters. The molecule has 2 amide bonds. The highest BCUT2D eigenvalue weighted by atomic mass is 32.2. The van der Waals surface area contributed by atoms with Crippen LogP contribution in [-0.4, -0.2) is 47.4 Å². The third kappa shape index (κ3) is 6.24. The molecule has 31 heavy (non-hydrogen) atoms. The van der Waals surface area contributed by atoms with Crippen molar-refractivity contribution in [1.82, 2.24) is 4.90 Å². The van der Waals surface area contributed by atoms with Gasteiger partial charge >= 0.3 is 0 Å². The summed E-state index contributed by atoms with van der Waals surface area (Å²) < 4.78 is 11.0. The van der Waals surface area contributed by atoms with Crippen LogP contribution in [0.5, 0.6) is 11.5 Å². The number of benzene rings is 2. The van der Waals surface area contributed by atoms with E-state index >= 15 is 0 Å². The smallest absolute Gasteiger partial charge is 0.238 e. The van der Waals surface area contributed by atoms with E-state index in [1.54, 1.807) is 19.2 Å². The second-order valence-electron chi connectivity index (χ2n) is 6.95. The average molecular weight is 442 g/mol. The molecule has 0 bridgehead atoms. The lowest BCUT2D eigenvalue weighted by molar-refractivity contribution is -0.128. The lowest BCUT2D eigenvalue weighted by Crippen LogP contribution is -2.43. The van der Waals surface area contributed by atoms with Gasteiger partial charge in [0.05, 0.1) is 18.9 Å². The minimum atomic E-state index is -0.554. The molecule has 0 aromatic heterocycles. The summed E-state index contributed by atoms with van der Waals surface area (Å²) in [4.78, 5) is 31.3. The van der Waals surface area contributed by atoms with Crippen molar-refractivity contribution in [2.24, 2.45) is 4.99 Å². The van der Waals surface area contributed by atoms with Crippen molar-refractivity contribution in [1.29, 1.82) is 0 Å². The Morgan fingerprint density at radius 2 is 1.74 bits per heavy atom. The molecule has 0 radical (unpaired) electrons. The predicted octanol–water partition coefficient (Wildman–Crippen LogP) is 4.46. The van der Waals surface area contributed by atoms with Crippen molar-refractivity contribution in [3.63, 3.8) is 0 Å². The maximum atomic E-state index is 12.8. The van der Waals surface area contributed by atoms with Gasteiger partial charge in [-0.2, -0.15) is 0 Å². The Morgan fingerprint density at radius 1 is 1.10 bits per heavy atom. The van der Waals surface area contributed by atoms with Crippen molar-refractivity contribution in [2.45, 2.75) is 31.9 Å². The topological polar surface area (TPSA) is 80.2 Å². The molecule has 1 aliphatic heterocycles. The largest absolute Gasteiger partial charge is 0.494 e. The molecule has 0 aliphatic carbocycles. The number of carbonyl (C=O) groups is 2. The molecule has 1 N–H and O–H groups in total. The van der Waals surface area contributed by atoms with Gasteiger partial charge in [0.15, 0.2) is 5.17 Å². The van der Waals surface area contributed by atoms with Gasteiger partial charge in [0.1, 0.15) is 16.7 Å². The van der Waals surface area contributed by atoms with Crippen molar-refractivity contribution in [3.05, 3.63) is 48.5 Å². The number of carbonyl (C=O) groups excluding carboxylic acids is 2. The first kappa shape index (κ1) is 22.7. The minimum Gasteiger partial charge on any atom is -0.494 e. The summed E-state index contributed by atoms with van der Waals surface area (Å²) in [5.74, 6) is 1.14. The van der Waals surface area contributed by atoms with Gasteiger partial charge in [0.25, 0.3) is 0 Å². The number of hydrogen-bond acceptors (Lipinski definition) is 6. The molecule has 0 spiro atoms. The second-order valence-corrected chi connectivity index (χ2v) is 8.12. The van der Waals surface area contributed by atoms with Crippen molar-refractivity contribution in [3.8, 4) is 11.5 Å². The molecule has 1 heterocycles. The predicted molar refractivity (Wildman–Crippen MR) is 124 cm³/mol. The zero-order valence-electron chi connectivity index (χ0n) is 18.0. The summed E-state index contributed by atoms with van der Waals surface area (Å²) in [6.45, 7) is 5.21. The number of amides is 2. The third-order valence-corrected chi connectivity index (χ3v) is 5.77. The summed E-state index contributed by atoms with van der Waals surface area (Å²) >= 11 is 1.28. The van der Waals surface area contributed by atoms with E-state index in [-0.39, 0.29) is 18.2 Å². The van der Waals surface area contributed by atoms with E-state index in [0.717, 1.165) is 17.9 Å². The Morgan fingerprint density at radius 3 is 2.39 bits per heavy atom. The van der Waals surface area contributed by atoms with Crippen molar-refractivity contribution >= 4 is 40.1 Å². The third-order valence-electron chi connectivity index (χ3n) is 4.53. The standard InChI is InChI=1S/C23H27N3O4S/c1-4-14-30-19-12-6-16(7-13-19)24-22(28)20-15-21(27)26(3)23(31-20)25-17-8-10-18(11-9-17)29-5-2/h6-13,20H,4-5,14-15H2,1-3H3,(H,24,28)/t20-/m1/s1. The second kappa shape index (κ2) is 10.9. The molecule has 2 aromatic carbocycles. The number of amidine groups is 1. The van der Waals surface area contributed by atoms with Crippen LogP contribution in [0.25, 0.3) is 0 Å². The monoisotopic (exact) mass is 441 g/mol. The summed E-state index contributed by atoms with van der Waals surface area (Å²) in [5.41, 5.74) is 1.35. The van der Waals surface area contributed by atoms with Gasteiger partial charge in [-0.05, 0) is 61.9 Å². The van der Waals surface area contributed by atoms with Crippen LogP contribution in [0.3, 0.4) is 0 Å². The van der Waals surface area contributed by atoms with Crippen LogP contribution in [0.15, 0.2) is 53.5 Å². The van der Waals surface area contributed by atoms with Crippen LogP contribution >= 0.6 is 11.8 Å². The first-order chi connectivity index (χ1) is 15.0. The SMILES string of the molecule is CCCOc1ccc(NC(=O)[C@H]2CC(=O)N(C)C(=Nc3ccc(OCC)cc3)S2)cc1. The lowest BCUT2D eigenvalue weighted by Gasteiger charge is -2.28. The van der Waals surface area contributed by atoms with E-state index in [2.05, 4.69) is 10.3 Å². The fourth-order valence-corrected chi connectivity index (χ4v) is 3.93. The average Bonchev–Trinajstić information content (AvgIpc) is 2.77. The van der Waals surface area contributed by atoms with Gasteiger partial charge < -0.3 is 14.8 Å². The molecule has 2 aromatic rings. The van der Waals surface area contributed by atoms with Crippen LogP contribution in [-0.2, 0) is 9.59 Å². The van der Waals surface area contributed by atoms with Crippen LogP contribution in [0.4, 0.5) is 11.4 Å². The van der Waals surface area contributed by atoms with Gasteiger partial charge in [-0.15, -0.1) is 0 Å². The fourth-order valence-electron chi connectivity index (χ4n) is 2.87. The zero-order chi connectivity index (χ0) is 22.2. The summed E-state index contributed by atoms with van der Waals surface area (Å²) in [6, 6.07) is 14.5. The Balaban J connectivity index is 1.67. The summed E-state index contributed by atoms with van der Waals surface area (Å²) in [6.07, 6.45) is 1.05. The molecule has 0 saturated carbocycles. The van der Waals surface area contributed by atoms with Gasteiger partial charge in [0.2, 0.25) is 11.8 Å². The van der Waals surface area contributed by atoms with E-state index in [4.69, 9.17) is 9.47 Å². The Bertz CT molecular complexity index is 929. The number of ether oxygens (including phenoxy) is 2. The summed E-state index contributed by atoms with van der Waals surface area (Å²) in [5, 5.41) is 2.81. The highest BCUT2D eigenvalue weighted by Gasteiger charge is 2.34. The van der Waals surface area contributed by atoms with E-state index in [1.165, 1.54) is 16.7 Å². The Labute approximate surface area is 186 Å². The van der Waals surface area contributed by atoms with E-state index < -0.39 is 5.25 Å². The maximum absolute atomic E-state index is 12.8. The minimum absolute atomic E-state index is 0.118. The van der Waals surface area contributed by atoms with Crippen LogP contribution < -0.4 is 14.8 Å². The molecule has 7 nitrogen and oxygen atoms in total. The first-order valence-electron chi connectivity index (χ1n) is 10.3. The number of anilines is 1. The molecule has 1 saturated heterocycles. The van der Waals surface area contributed by atoms with E-state index in [0.29, 0.717) is 29.8 Å². The van der Waals surface area contributed by atoms with Crippen LogP contribution in [0, 0.1) is 0 Å². The lowest BCUT2D eigenvalue weighted by atomic mass is 10.2. The van der Waals surface area contributed by atoms with Gasteiger partial charge in [-0.1, -0.05) is 18.7 Å². The van der Waals surface area contributed by atoms with Gasteiger partial charge in [-0.3, -0.25) is 14.5 Å². The Kier molecular flexibility index (Phi) is 7.94. The number of thioether (sulfide) groups is 1. The molecule has 1 aliphatic rings. The quantitative estimate of drug-likeness (QED) is 0.654. The maximum Gasteiger partial charge on any atom is 0.238 e. The highest BCUT2D eigenvalue weighted by Crippen LogP contribution is 2.29. The van der Waals surface area contributed by atoms with E-state index in [9.17, 15) is 9.59 Å². The number of aliphatic imine (C=N–C) groups is 1. The molecule has 8 heteroatoms. The highest BCUT2D eigenvalue weighted by molar-refractivity contribution is 8.15. The molecular formula is C23H27N3O4S.